The lowest BCUT2D eigenvalue weighted by molar-refractivity contribution is -0.116. The third-order valence-corrected chi connectivity index (χ3v) is 2.09. The van der Waals surface area contributed by atoms with Crippen molar-refractivity contribution in [2.75, 3.05) is 18.9 Å². The summed E-state index contributed by atoms with van der Waals surface area (Å²) in [6, 6.07) is 3.24. The Bertz CT molecular complexity index is 435. The van der Waals surface area contributed by atoms with Gasteiger partial charge in [0, 0.05) is 13.0 Å². The molecular weight excluding hydrogens is 227 g/mol. The number of carbonyl (C=O) groups excluding carboxylic acids is 1. The molecule has 92 valence electrons. The highest BCUT2D eigenvalue weighted by atomic mass is 19.1. The number of halogens is 1. The van der Waals surface area contributed by atoms with E-state index in [4.69, 9.17) is 5.11 Å². The van der Waals surface area contributed by atoms with E-state index in [1.165, 1.54) is 0 Å². The lowest BCUT2D eigenvalue weighted by Crippen LogP contribution is -2.19. The van der Waals surface area contributed by atoms with E-state index >= 15 is 0 Å². The highest BCUT2D eigenvalue weighted by molar-refractivity contribution is 5.94. The number of amides is 1. The summed E-state index contributed by atoms with van der Waals surface area (Å²) in [5.74, 6) is -2.20. The fraction of sp³-hybridized carbons (Fsp3) is 0.273. The molecule has 1 amide bonds. The average Bonchev–Trinajstić information content (AvgIpc) is 2.29. The van der Waals surface area contributed by atoms with Gasteiger partial charge in [0.25, 0.3) is 0 Å². The first kappa shape index (κ1) is 13.1. The third-order valence-electron chi connectivity index (χ3n) is 2.09. The summed E-state index contributed by atoms with van der Waals surface area (Å²) in [4.78, 5) is 22.0. The van der Waals surface area contributed by atoms with Crippen LogP contribution >= 0.6 is 0 Å². The van der Waals surface area contributed by atoms with Crippen molar-refractivity contribution in [3.8, 4) is 0 Å². The van der Waals surface area contributed by atoms with Crippen molar-refractivity contribution in [3.05, 3.63) is 29.6 Å². The molecule has 17 heavy (non-hydrogen) atoms. The van der Waals surface area contributed by atoms with Crippen LogP contribution in [0.1, 0.15) is 16.8 Å². The van der Waals surface area contributed by atoms with Gasteiger partial charge in [0.15, 0.2) is 0 Å². The van der Waals surface area contributed by atoms with Gasteiger partial charge in [-0.05, 0) is 25.2 Å². The molecule has 0 unspecified atom stereocenters. The summed E-state index contributed by atoms with van der Waals surface area (Å²) in [7, 11) is 1.69. The Morgan fingerprint density at radius 3 is 2.71 bits per heavy atom. The zero-order valence-electron chi connectivity index (χ0n) is 9.29. The summed E-state index contributed by atoms with van der Waals surface area (Å²) in [5.41, 5.74) is -0.193. The fourth-order valence-corrected chi connectivity index (χ4v) is 1.21. The maximum absolute atomic E-state index is 13.3. The van der Waals surface area contributed by atoms with Crippen LogP contribution in [0.3, 0.4) is 0 Å². The Balaban J connectivity index is 2.79. The van der Waals surface area contributed by atoms with Gasteiger partial charge in [-0.3, -0.25) is 4.79 Å². The van der Waals surface area contributed by atoms with E-state index in [9.17, 15) is 14.0 Å². The van der Waals surface area contributed by atoms with Crippen molar-refractivity contribution in [2.24, 2.45) is 0 Å². The number of hydrogen-bond acceptors (Lipinski definition) is 3. The van der Waals surface area contributed by atoms with Crippen LogP contribution in [0.15, 0.2) is 18.2 Å². The SMILES string of the molecule is CNCCC(=O)Nc1cc(C(=O)O)ccc1F. The van der Waals surface area contributed by atoms with E-state index < -0.39 is 11.8 Å². The Labute approximate surface area is 97.6 Å². The Morgan fingerprint density at radius 2 is 2.12 bits per heavy atom. The third kappa shape index (κ3) is 3.84. The van der Waals surface area contributed by atoms with Crippen LogP contribution in [0.4, 0.5) is 10.1 Å². The summed E-state index contributed by atoms with van der Waals surface area (Å²) >= 11 is 0. The van der Waals surface area contributed by atoms with Crippen molar-refractivity contribution >= 4 is 17.6 Å². The van der Waals surface area contributed by atoms with Crippen LogP contribution in [-0.4, -0.2) is 30.6 Å². The lowest BCUT2D eigenvalue weighted by Gasteiger charge is -2.07. The lowest BCUT2D eigenvalue weighted by atomic mass is 10.2. The van der Waals surface area contributed by atoms with Gasteiger partial charge in [0.2, 0.25) is 5.91 Å². The molecule has 0 atom stereocenters. The highest BCUT2D eigenvalue weighted by Gasteiger charge is 2.10. The second-order valence-electron chi connectivity index (χ2n) is 3.40. The molecule has 0 aliphatic rings. The monoisotopic (exact) mass is 240 g/mol. The van der Waals surface area contributed by atoms with Crippen molar-refractivity contribution in [1.29, 1.82) is 0 Å². The number of aromatic carboxylic acids is 1. The van der Waals surface area contributed by atoms with Crippen molar-refractivity contribution in [1.82, 2.24) is 5.32 Å². The van der Waals surface area contributed by atoms with E-state index in [0.29, 0.717) is 6.54 Å². The number of carboxylic acids is 1. The molecule has 0 radical (unpaired) electrons. The predicted octanol–water partition coefficient (Wildman–Crippen LogP) is 1.07. The number of anilines is 1. The minimum atomic E-state index is -1.17. The number of hydrogen-bond donors (Lipinski definition) is 3. The molecular formula is C11H13FN2O3. The van der Waals surface area contributed by atoms with E-state index in [2.05, 4.69) is 10.6 Å². The fourth-order valence-electron chi connectivity index (χ4n) is 1.21. The Hall–Kier alpha value is -1.95. The average molecular weight is 240 g/mol. The molecule has 0 heterocycles. The molecule has 0 aromatic heterocycles. The zero-order valence-corrected chi connectivity index (χ0v) is 9.29. The first-order valence-corrected chi connectivity index (χ1v) is 5.02. The van der Waals surface area contributed by atoms with Gasteiger partial charge in [-0.15, -0.1) is 0 Å². The van der Waals surface area contributed by atoms with E-state index in [-0.39, 0.29) is 23.6 Å². The van der Waals surface area contributed by atoms with Crippen molar-refractivity contribution in [3.63, 3.8) is 0 Å². The number of carbonyl (C=O) groups is 2. The van der Waals surface area contributed by atoms with E-state index in [0.717, 1.165) is 18.2 Å². The molecule has 1 aromatic carbocycles. The van der Waals surface area contributed by atoms with Gasteiger partial charge in [0.05, 0.1) is 11.3 Å². The molecule has 0 spiro atoms. The predicted molar refractivity (Wildman–Crippen MR) is 60.5 cm³/mol. The maximum atomic E-state index is 13.3. The van der Waals surface area contributed by atoms with E-state index in [1.54, 1.807) is 7.05 Å². The summed E-state index contributed by atoms with van der Waals surface area (Å²) < 4.78 is 13.3. The normalized spacial score (nSPS) is 10.0. The smallest absolute Gasteiger partial charge is 0.335 e. The minimum Gasteiger partial charge on any atom is -0.478 e. The molecule has 0 aliphatic carbocycles. The molecule has 1 rings (SSSR count). The first-order valence-electron chi connectivity index (χ1n) is 5.02. The van der Waals surface area contributed by atoms with Crippen LogP contribution in [0, 0.1) is 5.82 Å². The molecule has 0 fully saturated rings. The molecule has 0 saturated heterocycles. The van der Waals surface area contributed by atoms with Crippen molar-refractivity contribution in [2.45, 2.75) is 6.42 Å². The number of nitrogens with one attached hydrogen (secondary N) is 2. The molecule has 6 heteroatoms. The molecule has 5 nitrogen and oxygen atoms in total. The van der Waals surface area contributed by atoms with Gasteiger partial charge < -0.3 is 15.7 Å². The number of carboxylic acid groups (broad SMARTS) is 1. The topological polar surface area (TPSA) is 78.4 Å². The van der Waals surface area contributed by atoms with Gasteiger partial charge in [0.1, 0.15) is 5.82 Å². The Kier molecular flexibility index (Phi) is 4.59. The van der Waals surface area contributed by atoms with Crippen molar-refractivity contribution < 1.29 is 19.1 Å². The highest BCUT2D eigenvalue weighted by Crippen LogP contribution is 2.16. The zero-order chi connectivity index (χ0) is 12.8. The molecule has 0 bridgehead atoms. The minimum absolute atomic E-state index is 0.0738. The molecule has 1 aromatic rings. The molecule has 0 saturated carbocycles. The maximum Gasteiger partial charge on any atom is 0.335 e. The van der Waals surface area contributed by atoms with E-state index in [1.807, 2.05) is 0 Å². The van der Waals surface area contributed by atoms with Crippen LogP contribution in [0.25, 0.3) is 0 Å². The summed E-state index contributed by atoms with van der Waals surface area (Å²) in [5, 5.41) is 13.8. The van der Waals surface area contributed by atoms with Gasteiger partial charge in [-0.1, -0.05) is 0 Å². The second-order valence-corrected chi connectivity index (χ2v) is 3.40. The summed E-state index contributed by atoms with van der Waals surface area (Å²) in [6.45, 7) is 0.464. The standard InChI is InChI=1S/C11H13FN2O3/c1-13-5-4-10(15)14-9-6-7(11(16)17)2-3-8(9)12/h2-3,6,13H,4-5H2,1H3,(H,14,15)(H,16,17). The quantitative estimate of drug-likeness (QED) is 0.719. The van der Waals surface area contributed by atoms with Gasteiger partial charge in [-0.2, -0.15) is 0 Å². The largest absolute Gasteiger partial charge is 0.478 e. The molecule has 3 N–H and O–H groups in total. The van der Waals surface area contributed by atoms with Gasteiger partial charge in [-0.25, -0.2) is 9.18 Å². The van der Waals surface area contributed by atoms with Crippen LogP contribution < -0.4 is 10.6 Å². The van der Waals surface area contributed by atoms with Crippen LogP contribution in [-0.2, 0) is 4.79 Å². The van der Waals surface area contributed by atoms with Gasteiger partial charge >= 0.3 is 5.97 Å². The Morgan fingerprint density at radius 1 is 1.41 bits per heavy atom. The van der Waals surface area contributed by atoms with Crippen LogP contribution in [0.5, 0.6) is 0 Å². The first-order chi connectivity index (χ1) is 8.04. The molecule has 0 aliphatic heterocycles. The number of rotatable bonds is 5. The second kappa shape index (κ2) is 5.95. The number of benzene rings is 1. The summed E-state index contributed by atoms with van der Waals surface area (Å²) in [6.07, 6.45) is 0.188. The van der Waals surface area contributed by atoms with Crippen LogP contribution in [0.2, 0.25) is 0 Å².